The molecule has 4 nitrogen and oxygen atoms in total. The molecule has 2 aromatic rings. The Morgan fingerprint density at radius 3 is 2.73 bits per heavy atom. The number of carbonyl (C=O) groups excluding carboxylic acids is 1. The quantitative estimate of drug-likeness (QED) is 0.542. The Morgan fingerprint density at radius 1 is 1.23 bits per heavy atom. The summed E-state index contributed by atoms with van der Waals surface area (Å²) in [5.41, 5.74) is 1.57. The first kappa shape index (κ1) is 19.0. The molecule has 138 valence electrons. The van der Waals surface area contributed by atoms with Crippen molar-refractivity contribution in [3.63, 3.8) is 0 Å². The minimum Gasteiger partial charge on any atom is -0.598 e. The van der Waals surface area contributed by atoms with E-state index in [1.54, 1.807) is 6.92 Å². The highest BCUT2D eigenvalue weighted by Crippen LogP contribution is 2.37. The Bertz CT molecular complexity index is 805. The van der Waals surface area contributed by atoms with Gasteiger partial charge < -0.3 is 9.29 Å². The molecule has 3 rings (SSSR count). The van der Waals surface area contributed by atoms with Crippen LogP contribution in [0.5, 0.6) is 0 Å². The van der Waals surface area contributed by atoms with Crippen molar-refractivity contribution in [1.82, 2.24) is 4.31 Å². The smallest absolute Gasteiger partial charge is 0.335 e. The Balaban J connectivity index is 1.96. The average molecular weight is 372 g/mol. The lowest BCUT2D eigenvalue weighted by Crippen LogP contribution is -2.35. The molecule has 0 saturated heterocycles. The largest absolute Gasteiger partial charge is 0.598 e. The van der Waals surface area contributed by atoms with Crippen LogP contribution in [-0.2, 0) is 20.9 Å². The minimum absolute atomic E-state index is 0.319. The summed E-state index contributed by atoms with van der Waals surface area (Å²) in [7, 11) is 0. The first-order valence-corrected chi connectivity index (χ1v) is 10.4. The van der Waals surface area contributed by atoms with Crippen molar-refractivity contribution in [3.05, 3.63) is 59.7 Å². The number of rotatable bonds is 7. The molecule has 1 aliphatic rings. The van der Waals surface area contributed by atoms with Gasteiger partial charge in [-0.05, 0) is 35.7 Å². The second-order valence-electron chi connectivity index (χ2n) is 6.37. The van der Waals surface area contributed by atoms with Gasteiger partial charge in [0.05, 0.1) is 18.7 Å². The maximum Gasteiger partial charge on any atom is 0.335 e. The number of unbranched alkanes of at least 4 members (excludes halogenated alkanes) is 1. The number of esters is 1. The van der Waals surface area contributed by atoms with Crippen molar-refractivity contribution < 1.29 is 14.1 Å². The number of hydrogen-bond acceptors (Lipinski definition) is 4. The van der Waals surface area contributed by atoms with E-state index in [9.17, 15) is 9.35 Å². The van der Waals surface area contributed by atoms with Gasteiger partial charge >= 0.3 is 5.97 Å². The molecule has 0 aliphatic carbocycles. The lowest BCUT2D eigenvalue weighted by atomic mass is 9.98. The number of benzene rings is 2. The van der Waals surface area contributed by atoms with Crippen LogP contribution in [0.15, 0.2) is 54.1 Å². The van der Waals surface area contributed by atoms with E-state index in [-0.39, 0.29) is 12.0 Å². The SMILES string of the molecule is CCCC[S+]([O-])N1CC=C(C(=O)OCC)[C@H]1c1ccc2ccccc2c1. The summed E-state index contributed by atoms with van der Waals surface area (Å²) >= 11 is -1.13. The third kappa shape index (κ3) is 3.95. The molecule has 0 N–H and O–H groups in total. The van der Waals surface area contributed by atoms with Crippen molar-refractivity contribution in [2.24, 2.45) is 0 Å². The molecule has 0 saturated carbocycles. The van der Waals surface area contributed by atoms with E-state index < -0.39 is 11.4 Å². The second kappa shape index (κ2) is 8.71. The van der Waals surface area contributed by atoms with E-state index in [2.05, 4.69) is 31.2 Å². The summed E-state index contributed by atoms with van der Waals surface area (Å²) in [4.78, 5) is 12.5. The molecule has 0 fully saturated rings. The van der Waals surface area contributed by atoms with Crippen molar-refractivity contribution in [2.45, 2.75) is 32.7 Å². The first-order chi connectivity index (χ1) is 12.7. The number of fused-ring (bicyclic) bond motifs is 1. The van der Waals surface area contributed by atoms with E-state index >= 15 is 0 Å². The molecular formula is C21H25NO3S. The molecule has 0 bridgehead atoms. The van der Waals surface area contributed by atoms with Gasteiger partial charge in [0, 0.05) is 11.4 Å². The summed E-state index contributed by atoms with van der Waals surface area (Å²) in [6, 6.07) is 14.0. The molecule has 5 heteroatoms. The molecule has 2 atom stereocenters. The van der Waals surface area contributed by atoms with Gasteiger partial charge in [-0.2, -0.15) is 0 Å². The molecule has 0 radical (unpaired) electrons. The van der Waals surface area contributed by atoms with Gasteiger partial charge in [-0.1, -0.05) is 55.8 Å². The van der Waals surface area contributed by atoms with Crippen molar-refractivity contribution in [3.8, 4) is 0 Å². The van der Waals surface area contributed by atoms with Crippen LogP contribution >= 0.6 is 0 Å². The molecule has 0 amide bonds. The minimum atomic E-state index is -1.13. The van der Waals surface area contributed by atoms with E-state index in [0.717, 1.165) is 29.2 Å². The molecule has 0 aromatic heterocycles. The summed E-state index contributed by atoms with van der Waals surface area (Å²) in [5.74, 6) is 0.297. The van der Waals surface area contributed by atoms with E-state index in [1.807, 2.05) is 28.6 Å². The highest BCUT2D eigenvalue weighted by molar-refractivity contribution is 7.89. The normalized spacial score (nSPS) is 18.7. The van der Waals surface area contributed by atoms with Gasteiger partial charge in [0.2, 0.25) is 0 Å². The van der Waals surface area contributed by atoms with Crippen LogP contribution in [0, 0.1) is 0 Å². The highest BCUT2D eigenvalue weighted by Gasteiger charge is 2.40. The Kier molecular flexibility index (Phi) is 6.35. The van der Waals surface area contributed by atoms with Gasteiger partial charge in [0.15, 0.2) is 0 Å². The number of carbonyl (C=O) groups is 1. The standard InChI is InChI=1S/C21H25NO3S/c1-3-5-14-26(24)22-13-12-19(21(23)25-4-2)20(22)18-11-10-16-8-6-7-9-17(16)15-18/h6-12,15,20H,3-5,13-14H2,1-2H3/t20-,26?/m1/s1. The van der Waals surface area contributed by atoms with Gasteiger partial charge in [-0.25, -0.2) is 4.79 Å². The van der Waals surface area contributed by atoms with Gasteiger partial charge in [0.1, 0.15) is 11.8 Å². The molecule has 1 aliphatic heterocycles. The van der Waals surface area contributed by atoms with E-state index in [1.165, 1.54) is 0 Å². The fourth-order valence-electron chi connectivity index (χ4n) is 3.28. The molecule has 1 unspecified atom stereocenters. The van der Waals surface area contributed by atoms with Gasteiger partial charge in [-0.15, -0.1) is 4.31 Å². The first-order valence-electron chi connectivity index (χ1n) is 9.16. The van der Waals surface area contributed by atoms with E-state index in [4.69, 9.17) is 4.74 Å². The predicted molar refractivity (Wildman–Crippen MR) is 106 cm³/mol. The van der Waals surface area contributed by atoms with Crippen molar-refractivity contribution >= 4 is 28.1 Å². The zero-order chi connectivity index (χ0) is 18.5. The van der Waals surface area contributed by atoms with Crippen LogP contribution in [-0.4, -0.2) is 33.7 Å². The van der Waals surface area contributed by atoms with Gasteiger partial charge in [-0.3, -0.25) is 0 Å². The summed E-state index contributed by atoms with van der Waals surface area (Å²) in [6.45, 7) is 4.72. The molecule has 1 heterocycles. The van der Waals surface area contributed by atoms with Crippen LogP contribution in [0.1, 0.15) is 38.3 Å². The zero-order valence-electron chi connectivity index (χ0n) is 15.3. The van der Waals surface area contributed by atoms with Crippen LogP contribution in [0.2, 0.25) is 0 Å². The number of nitrogens with zero attached hydrogens (tertiary/aromatic N) is 1. The van der Waals surface area contributed by atoms with E-state index in [0.29, 0.717) is 24.5 Å². The number of ether oxygens (including phenoxy) is 1. The topological polar surface area (TPSA) is 52.6 Å². The van der Waals surface area contributed by atoms with Crippen LogP contribution < -0.4 is 0 Å². The fraction of sp³-hybridized carbons (Fsp3) is 0.381. The molecule has 2 aromatic carbocycles. The number of hydrogen-bond donors (Lipinski definition) is 0. The lowest BCUT2D eigenvalue weighted by molar-refractivity contribution is -0.138. The Hall–Kier alpha value is -1.82. The van der Waals surface area contributed by atoms with Crippen molar-refractivity contribution in [2.75, 3.05) is 18.9 Å². The summed E-state index contributed by atoms with van der Waals surface area (Å²) in [6.07, 6.45) is 3.77. The van der Waals surface area contributed by atoms with Crippen molar-refractivity contribution in [1.29, 1.82) is 0 Å². The third-order valence-electron chi connectivity index (χ3n) is 4.61. The lowest BCUT2D eigenvalue weighted by Gasteiger charge is -2.28. The average Bonchev–Trinajstić information content (AvgIpc) is 3.11. The second-order valence-corrected chi connectivity index (χ2v) is 7.89. The molecule has 0 spiro atoms. The zero-order valence-corrected chi connectivity index (χ0v) is 16.1. The Morgan fingerprint density at radius 2 is 2.00 bits per heavy atom. The van der Waals surface area contributed by atoms with Crippen LogP contribution in [0.4, 0.5) is 0 Å². The maximum absolute atomic E-state index is 12.8. The summed E-state index contributed by atoms with van der Waals surface area (Å²) < 4.78 is 20.0. The van der Waals surface area contributed by atoms with Crippen LogP contribution in [0.3, 0.4) is 0 Å². The molecule has 26 heavy (non-hydrogen) atoms. The summed E-state index contributed by atoms with van der Waals surface area (Å²) in [5, 5.41) is 2.26. The fourth-order valence-corrected chi connectivity index (χ4v) is 4.76. The van der Waals surface area contributed by atoms with Crippen LogP contribution in [0.25, 0.3) is 10.8 Å². The predicted octanol–water partition coefficient (Wildman–Crippen LogP) is 4.15. The third-order valence-corrected chi connectivity index (χ3v) is 6.13. The Labute approximate surface area is 158 Å². The monoisotopic (exact) mass is 371 g/mol. The maximum atomic E-state index is 12.8. The highest BCUT2D eigenvalue weighted by atomic mass is 32.2. The molecular weight excluding hydrogens is 346 g/mol. The van der Waals surface area contributed by atoms with Gasteiger partial charge in [0.25, 0.3) is 0 Å².